The van der Waals surface area contributed by atoms with Crippen LogP contribution in [0.15, 0.2) is 59.8 Å². The van der Waals surface area contributed by atoms with E-state index in [0.717, 1.165) is 5.69 Å². The second kappa shape index (κ2) is 8.34. The molecule has 0 spiro atoms. The number of alkyl halides is 2. The summed E-state index contributed by atoms with van der Waals surface area (Å²) >= 11 is 13.1. The smallest absolute Gasteiger partial charge is 0.316 e. The summed E-state index contributed by atoms with van der Waals surface area (Å²) in [5, 5.41) is 8.80. The van der Waals surface area contributed by atoms with E-state index in [1.165, 1.54) is 17.8 Å². The molecule has 9 heteroatoms. The fourth-order valence-electron chi connectivity index (χ4n) is 2.80. The van der Waals surface area contributed by atoms with Crippen LogP contribution in [0, 0.1) is 11.7 Å². The lowest BCUT2D eigenvalue weighted by Gasteiger charge is -2.10. The molecule has 1 saturated carbocycles. The fourth-order valence-corrected chi connectivity index (χ4v) is 4.05. The summed E-state index contributed by atoms with van der Waals surface area (Å²) in [5.74, 6) is -0.436. The van der Waals surface area contributed by atoms with Gasteiger partial charge in [-0.3, -0.25) is 9.36 Å². The van der Waals surface area contributed by atoms with E-state index in [9.17, 15) is 9.18 Å². The molecule has 0 aliphatic heterocycles. The molecule has 0 radical (unpaired) electrons. The second-order valence-electron chi connectivity index (χ2n) is 6.59. The molecule has 1 aliphatic carbocycles. The van der Waals surface area contributed by atoms with E-state index in [-0.39, 0.29) is 18.3 Å². The molecular formula is C20H16Cl2FN3O2S. The van der Waals surface area contributed by atoms with Crippen molar-refractivity contribution in [2.24, 2.45) is 5.92 Å². The lowest BCUT2D eigenvalue weighted by Crippen LogP contribution is -2.12. The maximum atomic E-state index is 14.4. The number of aromatic nitrogens is 3. The Morgan fingerprint density at radius 2 is 1.86 bits per heavy atom. The SMILES string of the molecule is O=C(CSc1nnc(-c2ccccc2F)n1-c1ccccc1)OC[C@H]1CC1(Cl)Cl. The number of esters is 1. The van der Waals surface area contributed by atoms with E-state index in [4.69, 9.17) is 27.9 Å². The van der Waals surface area contributed by atoms with Crippen LogP contribution in [0.2, 0.25) is 0 Å². The van der Waals surface area contributed by atoms with Crippen LogP contribution >= 0.6 is 35.0 Å². The van der Waals surface area contributed by atoms with Crippen molar-refractivity contribution in [3.8, 4) is 17.1 Å². The van der Waals surface area contributed by atoms with E-state index in [1.807, 2.05) is 30.3 Å². The number of para-hydroxylation sites is 1. The highest BCUT2D eigenvalue weighted by atomic mass is 35.5. The first-order valence-corrected chi connectivity index (χ1v) is 10.6. The van der Waals surface area contributed by atoms with Crippen LogP contribution in [0.25, 0.3) is 17.1 Å². The molecular weight excluding hydrogens is 436 g/mol. The number of benzene rings is 2. The number of hydrogen-bond donors (Lipinski definition) is 0. The number of hydrogen-bond acceptors (Lipinski definition) is 5. The zero-order valence-electron chi connectivity index (χ0n) is 15.1. The minimum Gasteiger partial charge on any atom is -0.465 e. The summed E-state index contributed by atoms with van der Waals surface area (Å²) in [4.78, 5) is 12.1. The first-order valence-electron chi connectivity index (χ1n) is 8.88. The van der Waals surface area contributed by atoms with Crippen molar-refractivity contribution in [2.45, 2.75) is 15.9 Å². The highest BCUT2D eigenvalue weighted by Gasteiger charge is 2.52. The third kappa shape index (κ3) is 4.57. The normalized spacial score (nSPS) is 17.1. The van der Waals surface area contributed by atoms with Crippen LogP contribution < -0.4 is 0 Å². The van der Waals surface area contributed by atoms with Gasteiger partial charge < -0.3 is 4.74 Å². The summed E-state index contributed by atoms with van der Waals surface area (Å²) < 4.78 is 20.5. The number of thioether (sulfide) groups is 1. The average Bonchev–Trinajstić information content (AvgIpc) is 3.13. The van der Waals surface area contributed by atoms with Gasteiger partial charge in [-0.1, -0.05) is 42.1 Å². The van der Waals surface area contributed by atoms with E-state index in [2.05, 4.69) is 10.2 Å². The molecule has 1 heterocycles. The minimum absolute atomic E-state index is 0.0274. The number of nitrogens with zero attached hydrogens (tertiary/aromatic N) is 3. The van der Waals surface area contributed by atoms with Crippen LogP contribution in [0.5, 0.6) is 0 Å². The summed E-state index contributed by atoms with van der Waals surface area (Å²) in [7, 11) is 0. The Morgan fingerprint density at radius 1 is 1.17 bits per heavy atom. The van der Waals surface area contributed by atoms with Gasteiger partial charge in [-0.05, 0) is 30.7 Å². The van der Waals surface area contributed by atoms with Gasteiger partial charge in [0.25, 0.3) is 0 Å². The van der Waals surface area contributed by atoms with E-state index in [0.29, 0.717) is 23.0 Å². The predicted octanol–water partition coefficient (Wildman–Crippen LogP) is 4.90. The number of ether oxygens (including phenoxy) is 1. The molecule has 4 rings (SSSR count). The highest BCUT2D eigenvalue weighted by Crippen LogP contribution is 2.53. The Balaban J connectivity index is 1.54. The molecule has 0 unspecified atom stereocenters. The van der Waals surface area contributed by atoms with Gasteiger partial charge in [0.05, 0.1) is 17.9 Å². The lowest BCUT2D eigenvalue weighted by molar-refractivity contribution is -0.140. The van der Waals surface area contributed by atoms with Crippen molar-refractivity contribution in [3.63, 3.8) is 0 Å². The molecule has 150 valence electrons. The van der Waals surface area contributed by atoms with Crippen LogP contribution in [0.1, 0.15) is 6.42 Å². The van der Waals surface area contributed by atoms with Crippen molar-refractivity contribution in [1.29, 1.82) is 0 Å². The molecule has 1 aliphatic rings. The molecule has 0 saturated heterocycles. The van der Waals surface area contributed by atoms with Gasteiger partial charge in [0.1, 0.15) is 10.2 Å². The highest BCUT2D eigenvalue weighted by molar-refractivity contribution is 7.99. The lowest BCUT2D eigenvalue weighted by atomic mass is 10.2. The zero-order chi connectivity index (χ0) is 20.4. The number of carbonyl (C=O) groups is 1. The molecule has 3 aromatic rings. The summed E-state index contributed by atoms with van der Waals surface area (Å²) in [6, 6.07) is 15.7. The van der Waals surface area contributed by atoms with Crippen molar-refractivity contribution >= 4 is 40.9 Å². The zero-order valence-corrected chi connectivity index (χ0v) is 17.4. The summed E-state index contributed by atoms with van der Waals surface area (Å²) in [6.07, 6.45) is 0.616. The van der Waals surface area contributed by atoms with Gasteiger partial charge >= 0.3 is 5.97 Å². The van der Waals surface area contributed by atoms with Crippen molar-refractivity contribution in [2.75, 3.05) is 12.4 Å². The summed E-state index contributed by atoms with van der Waals surface area (Å²) in [6.45, 7) is 0.193. The molecule has 5 nitrogen and oxygen atoms in total. The maximum absolute atomic E-state index is 14.4. The molecule has 0 amide bonds. The Bertz CT molecular complexity index is 1030. The first-order chi connectivity index (χ1) is 14.0. The number of carbonyl (C=O) groups excluding carboxylic acids is 1. The van der Waals surface area contributed by atoms with Crippen LogP contribution in [-0.4, -0.2) is 37.4 Å². The van der Waals surface area contributed by atoms with E-state index < -0.39 is 16.1 Å². The number of rotatable bonds is 7. The quantitative estimate of drug-likeness (QED) is 0.290. The van der Waals surface area contributed by atoms with Crippen molar-refractivity contribution in [3.05, 3.63) is 60.4 Å². The van der Waals surface area contributed by atoms with Gasteiger partial charge in [0.15, 0.2) is 11.0 Å². The molecule has 2 aromatic carbocycles. The Hall–Kier alpha value is -2.09. The van der Waals surface area contributed by atoms with Crippen molar-refractivity contribution < 1.29 is 13.9 Å². The molecule has 1 fully saturated rings. The maximum Gasteiger partial charge on any atom is 0.316 e. The standard InChI is InChI=1S/C20H16Cl2FN3O2S/c21-20(22)10-13(20)11-28-17(27)12-29-19-25-24-18(15-8-4-5-9-16(15)23)26(19)14-6-2-1-3-7-14/h1-9,13H,10-12H2/t13-/m1/s1. The van der Waals surface area contributed by atoms with Gasteiger partial charge in [-0.25, -0.2) is 4.39 Å². The fraction of sp³-hybridized carbons (Fsp3) is 0.250. The van der Waals surface area contributed by atoms with Gasteiger partial charge in [-0.15, -0.1) is 33.4 Å². The van der Waals surface area contributed by atoms with Gasteiger partial charge in [0, 0.05) is 11.6 Å². The average molecular weight is 452 g/mol. The van der Waals surface area contributed by atoms with Gasteiger partial charge in [0.2, 0.25) is 0 Å². The second-order valence-corrected chi connectivity index (χ2v) is 9.08. The Labute approximate surface area is 181 Å². The summed E-state index contributed by atoms with van der Waals surface area (Å²) in [5.41, 5.74) is 1.09. The first kappa shape index (κ1) is 20.2. The topological polar surface area (TPSA) is 57.0 Å². The Morgan fingerprint density at radius 3 is 2.55 bits per heavy atom. The van der Waals surface area contributed by atoms with Crippen LogP contribution in [0.4, 0.5) is 4.39 Å². The van der Waals surface area contributed by atoms with E-state index >= 15 is 0 Å². The predicted molar refractivity (Wildman–Crippen MR) is 111 cm³/mol. The van der Waals surface area contributed by atoms with Crippen molar-refractivity contribution in [1.82, 2.24) is 14.8 Å². The largest absolute Gasteiger partial charge is 0.465 e. The molecule has 0 N–H and O–H groups in total. The minimum atomic E-state index is -0.782. The molecule has 1 atom stereocenters. The molecule has 29 heavy (non-hydrogen) atoms. The number of halogens is 3. The third-order valence-electron chi connectivity index (χ3n) is 4.48. The molecule has 0 bridgehead atoms. The monoisotopic (exact) mass is 451 g/mol. The molecule has 1 aromatic heterocycles. The van der Waals surface area contributed by atoms with E-state index in [1.54, 1.807) is 22.8 Å². The van der Waals surface area contributed by atoms with Crippen LogP contribution in [-0.2, 0) is 9.53 Å². The third-order valence-corrected chi connectivity index (χ3v) is 6.31. The van der Waals surface area contributed by atoms with Crippen LogP contribution in [0.3, 0.4) is 0 Å². The Kier molecular flexibility index (Phi) is 5.81. The van der Waals surface area contributed by atoms with Gasteiger partial charge in [-0.2, -0.15) is 0 Å².